The van der Waals surface area contributed by atoms with Crippen LogP contribution >= 0.6 is 15.9 Å². The van der Waals surface area contributed by atoms with Crippen LogP contribution < -0.4 is 10.1 Å². The van der Waals surface area contributed by atoms with Gasteiger partial charge in [-0.25, -0.2) is 0 Å². The van der Waals surface area contributed by atoms with Crippen molar-refractivity contribution >= 4 is 15.9 Å². The van der Waals surface area contributed by atoms with Crippen molar-refractivity contribution in [1.29, 1.82) is 0 Å². The molecule has 0 saturated heterocycles. The van der Waals surface area contributed by atoms with E-state index >= 15 is 0 Å². The normalized spacial score (nSPS) is 12.5. The van der Waals surface area contributed by atoms with Gasteiger partial charge in [0.05, 0.1) is 6.61 Å². The van der Waals surface area contributed by atoms with Crippen LogP contribution in [0.15, 0.2) is 16.6 Å². The Labute approximate surface area is 126 Å². The summed E-state index contributed by atoms with van der Waals surface area (Å²) < 4.78 is 7.17. The highest BCUT2D eigenvalue weighted by Crippen LogP contribution is 2.28. The summed E-state index contributed by atoms with van der Waals surface area (Å²) in [4.78, 5) is 0. The Morgan fingerprint density at radius 3 is 2.68 bits per heavy atom. The Morgan fingerprint density at radius 2 is 2.05 bits per heavy atom. The van der Waals surface area contributed by atoms with E-state index in [9.17, 15) is 0 Å². The van der Waals surface area contributed by atoms with Crippen molar-refractivity contribution in [3.05, 3.63) is 27.7 Å². The van der Waals surface area contributed by atoms with Crippen LogP contribution in [0.3, 0.4) is 0 Å². The van der Waals surface area contributed by atoms with Crippen molar-refractivity contribution in [2.45, 2.75) is 47.1 Å². The zero-order chi connectivity index (χ0) is 14.3. The molecule has 0 radical (unpaired) electrons. The smallest absolute Gasteiger partial charge is 0.126 e. The maximum absolute atomic E-state index is 6.05. The molecule has 108 valence electrons. The summed E-state index contributed by atoms with van der Waals surface area (Å²) in [5.41, 5.74) is 2.44. The van der Waals surface area contributed by atoms with Gasteiger partial charge in [0.15, 0.2) is 0 Å². The monoisotopic (exact) mass is 327 g/mol. The Bertz CT molecular complexity index is 393. The minimum Gasteiger partial charge on any atom is -0.493 e. The molecule has 0 saturated carbocycles. The molecule has 0 aliphatic rings. The molecular weight excluding hydrogens is 302 g/mol. The molecule has 0 heterocycles. The van der Waals surface area contributed by atoms with Gasteiger partial charge in [-0.15, -0.1) is 0 Å². The van der Waals surface area contributed by atoms with E-state index in [2.05, 4.69) is 61.1 Å². The van der Waals surface area contributed by atoms with Crippen LogP contribution in [0.5, 0.6) is 5.75 Å². The van der Waals surface area contributed by atoms with E-state index < -0.39 is 0 Å². The number of aryl methyl sites for hydroxylation is 1. The first-order valence-corrected chi connectivity index (χ1v) is 8.00. The minimum absolute atomic E-state index is 0.597. The van der Waals surface area contributed by atoms with Gasteiger partial charge < -0.3 is 10.1 Å². The topological polar surface area (TPSA) is 21.3 Å². The molecule has 1 unspecified atom stereocenters. The second kappa shape index (κ2) is 8.60. The van der Waals surface area contributed by atoms with Gasteiger partial charge in [0.1, 0.15) is 5.75 Å². The maximum Gasteiger partial charge on any atom is 0.126 e. The number of hydrogen-bond acceptors (Lipinski definition) is 2. The molecule has 0 aliphatic heterocycles. The summed E-state index contributed by atoms with van der Waals surface area (Å²) in [6.07, 6.45) is 2.30. The zero-order valence-corrected chi connectivity index (χ0v) is 14.1. The first kappa shape index (κ1) is 16.5. The molecule has 1 atom stereocenters. The standard InChI is InChI=1S/C16H26BrNO/c1-5-7-18-10-14-9-15(17)8-13(4)16(14)19-11-12(3)6-2/h8-9,12,18H,5-7,10-11H2,1-4H3. The Balaban J connectivity index is 2.80. The Morgan fingerprint density at radius 1 is 1.32 bits per heavy atom. The molecule has 1 N–H and O–H groups in total. The fourth-order valence-corrected chi connectivity index (χ4v) is 2.50. The third kappa shape index (κ3) is 5.53. The van der Waals surface area contributed by atoms with Gasteiger partial charge in [0.2, 0.25) is 0 Å². The molecule has 0 amide bonds. The van der Waals surface area contributed by atoms with Crippen molar-refractivity contribution in [1.82, 2.24) is 5.32 Å². The predicted octanol–water partition coefficient (Wildman–Crippen LogP) is 4.68. The summed E-state index contributed by atoms with van der Waals surface area (Å²) in [5.74, 6) is 1.65. The average Bonchev–Trinajstić information content (AvgIpc) is 2.37. The molecule has 0 fully saturated rings. The lowest BCUT2D eigenvalue weighted by Gasteiger charge is -2.17. The van der Waals surface area contributed by atoms with Crippen LogP contribution in [-0.2, 0) is 6.54 Å². The molecule has 2 nitrogen and oxygen atoms in total. The minimum atomic E-state index is 0.597. The number of nitrogens with one attached hydrogen (secondary N) is 1. The van der Waals surface area contributed by atoms with Crippen LogP contribution in [0.1, 0.15) is 44.7 Å². The molecule has 1 rings (SSSR count). The van der Waals surface area contributed by atoms with Crippen molar-refractivity contribution in [2.24, 2.45) is 5.92 Å². The molecule has 19 heavy (non-hydrogen) atoms. The van der Waals surface area contributed by atoms with Gasteiger partial charge in [-0.1, -0.05) is 43.1 Å². The molecule has 0 spiro atoms. The van der Waals surface area contributed by atoms with Crippen molar-refractivity contribution in [2.75, 3.05) is 13.2 Å². The van der Waals surface area contributed by atoms with Gasteiger partial charge in [0, 0.05) is 16.6 Å². The lowest BCUT2D eigenvalue weighted by molar-refractivity contribution is 0.252. The van der Waals surface area contributed by atoms with E-state index in [4.69, 9.17) is 4.74 Å². The van der Waals surface area contributed by atoms with E-state index in [1.54, 1.807) is 0 Å². The number of hydrogen-bond donors (Lipinski definition) is 1. The van der Waals surface area contributed by atoms with Crippen molar-refractivity contribution < 1.29 is 4.74 Å². The largest absolute Gasteiger partial charge is 0.493 e. The first-order valence-electron chi connectivity index (χ1n) is 7.21. The average molecular weight is 328 g/mol. The van der Waals surface area contributed by atoms with E-state index in [1.807, 2.05) is 0 Å². The van der Waals surface area contributed by atoms with Crippen LogP contribution in [0, 0.1) is 12.8 Å². The highest BCUT2D eigenvalue weighted by Gasteiger charge is 2.10. The number of ether oxygens (including phenoxy) is 1. The van der Waals surface area contributed by atoms with E-state index in [1.165, 1.54) is 11.1 Å². The van der Waals surface area contributed by atoms with Crippen LogP contribution in [-0.4, -0.2) is 13.2 Å². The molecular formula is C16H26BrNO. The molecule has 1 aromatic carbocycles. The van der Waals surface area contributed by atoms with E-state index in [-0.39, 0.29) is 0 Å². The summed E-state index contributed by atoms with van der Waals surface area (Å²) in [6.45, 7) is 11.4. The predicted molar refractivity (Wildman–Crippen MR) is 85.8 cm³/mol. The fraction of sp³-hybridized carbons (Fsp3) is 0.625. The quantitative estimate of drug-likeness (QED) is 0.700. The summed E-state index contributed by atoms with van der Waals surface area (Å²) in [6, 6.07) is 4.27. The lowest BCUT2D eigenvalue weighted by Crippen LogP contribution is -2.16. The molecule has 1 aromatic rings. The third-order valence-electron chi connectivity index (χ3n) is 3.27. The van der Waals surface area contributed by atoms with Gasteiger partial charge >= 0.3 is 0 Å². The van der Waals surface area contributed by atoms with E-state index in [0.717, 1.165) is 42.8 Å². The fourth-order valence-electron chi connectivity index (χ4n) is 1.88. The molecule has 3 heteroatoms. The first-order chi connectivity index (χ1) is 9.08. The second-order valence-electron chi connectivity index (χ2n) is 5.21. The Kier molecular flexibility index (Phi) is 7.47. The summed E-state index contributed by atoms with van der Waals surface area (Å²) in [7, 11) is 0. The number of benzene rings is 1. The van der Waals surface area contributed by atoms with Crippen molar-refractivity contribution in [3.63, 3.8) is 0 Å². The highest BCUT2D eigenvalue weighted by molar-refractivity contribution is 9.10. The van der Waals surface area contributed by atoms with Crippen LogP contribution in [0.25, 0.3) is 0 Å². The van der Waals surface area contributed by atoms with Gasteiger partial charge in [-0.05, 0) is 43.5 Å². The summed E-state index contributed by atoms with van der Waals surface area (Å²) in [5, 5.41) is 3.45. The zero-order valence-electron chi connectivity index (χ0n) is 12.6. The highest BCUT2D eigenvalue weighted by atomic mass is 79.9. The molecule has 0 bridgehead atoms. The maximum atomic E-state index is 6.05. The second-order valence-corrected chi connectivity index (χ2v) is 6.13. The molecule has 0 aliphatic carbocycles. The van der Waals surface area contributed by atoms with Crippen LogP contribution in [0.2, 0.25) is 0 Å². The summed E-state index contributed by atoms with van der Waals surface area (Å²) >= 11 is 3.57. The number of rotatable bonds is 8. The number of halogens is 1. The SMILES string of the molecule is CCCNCc1cc(Br)cc(C)c1OCC(C)CC. The lowest BCUT2D eigenvalue weighted by atomic mass is 10.1. The van der Waals surface area contributed by atoms with E-state index in [0.29, 0.717) is 5.92 Å². The van der Waals surface area contributed by atoms with Gasteiger partial charge in [-0.3, -0.25) is 0 Å². The van der Waals surface area contributed by atoms with Crippen molar-refractivity contribution in [3.8, 4) is 5.75 Å². The van der Waals surface area contributed by atoms with Crippen LogP contribution in [0.4, 0.5) is 0 Å². The molecule has 0 aromatic heterocycles. The van der Waals surface area contributed by atoms with Gasteiger partial charge in [-0.2, -0.15) is 0 Å². The van der Waals surface area contributed by atoms with Gasteiger partial charge in [0.25, 0.3) is 0 Å². The Hall–Kier alpha value is -0.540. The third-order valence-corrected chi connectivity index (χ3v) is 3.73.